The number of amides is 2. The summed E-state index contributed by atoms with van der Waals surface area (Å²) in [6, 6.07) is 8.06. The first-order chi connectivity index (χ1) is 14.9. The van der Waals surface area contributed by atoms with Crippen molar-refractivity contribution >= 4 is 28.8 Å². The van der Waals surface area contributed by atoms with Crippen LogP contribution in [0.4, 0.5) is 11.4 Å². The van der Waals surface area contributed by atoms with Crippen LogP contribution < -0.4 is 16.0 Å². The number of nitrogens with two attached hydrogens (primary N) is 1. The Morgan fingerprint density at radius 2 is 1.81 bits per heavy atom. The summed E-state index contributed by atoms with van der Waals surface area (Å²) in [5.41, 5.74) is 10.7. The number of primary amides is 1. The molecule has 1 aliphatic rings. The van der Waals surface area contributed by atoms with Crippen molar-refractivity contribution < 1.29 is 9.59 Å². The monoisotopic (exact) mass is 420 g/mol. The van der Waals surface area contributed by atoms with E-state index in [9.17, 15) is 9.59 Å². The number of carbonyl (C=O) groups excluding carboxylic acids is 2. The Morgan fingerprint density at radius 1 is 1.10 bits per heavy atom. The van der Waals surface area contributed by atoms with E-state index < -0.39 is 5.91 Å². The van der Waals surface area contributed by atoms with Gasteiger partial charge in [-0.15, -0.1) is 0 Å². The van der Waals surface area contributed by atoms with Gasteiger partial charge in [-0.2, -0.15) is 5.10 Å². The highest BCUT2D eigenvalue weighted by atomic mass is 16.2. The number of hydrogen-bond acceptors (Lipinski definition) is 5. The van der Waals surface area contributed by atoms with Crippen LogP contribution in [0.3, 0.4) is 0 Å². The van der Waals surface area contributed by atoms with Crippen LogP contribution in [0, 0.1) is 13.8 Å². The maximum Gasteiger partial charge on any atom is 0.254 e. The number of nitrogens with one attached hydrogen (secondary N) is 1. The maximum absolute atomic E-state index is 12.5. The Bertz CT molecular complexity index is 1110. The zero-order chi connectivity index (χ0) is 22.0. The van der Waals surface area contributed by atoms with Gasteiger partial charge in [-0.25, -0.2) is 9.50 Å². The summed E-state index contributed by atoms with van der Waals surface area (Å²) in [4.78, 5) is 31.0. The van der Waals surface area contributed by atoms with Crippen molar-refractivity contribution in [1.29, 1.82) is 0 Å². The number of anilines is 2. The molecule has 31 heavy (non-hydrogen) atoms. The predicted molar refractivity (Wildman–Crippen MR) is 120 cm³/mol. The Kier molecular flexibility index (Phi) is 5.88. The largest absolute Gasteiger partial charge is 0.372 e. The average Bonchev–Trinajstić information content (AvgIpc) is 3.19. The van der Waals surface area contributed by atoms with Crippen LogP contribution in [0.5, 0.6) is 0 Å². The molecule has 8 heteroatoms. The molecule has 1 fully saturated rings. The molecule has 1 aromatic carbocycles. The van der Waals surface area contributed by atoms with Crippen LogP contribution in [0.15, 0.2) is 30.5 Å². The predicted octanol–water partition coefficient (Wildman–Crippen LogP) is 3.01. The number of fused-ring (bicyclic) bond motifs is 1. The van der Waals surface area contributed by atoms with E-state index in [1.807, 2.05) is 26.0 Å². The zero-order valence-electron chi connectivity index (χ0n) is 18.0. The number of benzene rings is 1. The van der Waals surface area contributed by atoms with Gasteiger partial charge in [0.2, 0.25) is 5.91 Å². The Hall–Kier alpha value is -3.42. The van der Waals surface area contributed by atoms with Gasteiger partial charge < -0.3 is 16.0 Å². The van der Waals surface area contributed by atoms with Crippen molar-refractivity contribution in [2.75, 3.05) is 23.3 Å². The van der Waals surface area contributed by atoms with Crippen LogP contribution in [0.1, 0.15) is 53.0 Å². The quantitative estimate of drug-likeness (QED) is 0.638. The lowest BCUT2D eigenvalue weighted by molar-refractivity contribution is -0.116. The third kappa shape index (κ3) is 4.38. The van der Waals surface area contributed by atoms with E-state index >= 15 is 0 Å². The lowest BCUT2D eigenvalue weighted by Gasteiger charge is -2.28. The highest BCUT2D eigenvalue weighted by molar-refractivity contribution is 5.98. The fourth-order valence-corrected chi connectivity index (χ4v) is 4.22. The van der Waals surface area contributed by atoms with E-state index in [4.69, 9.17) is 5.73 Å². The van der Waals surface area contributed by atoms with Gasteiger partial charge in [-0.1, -0.05) is 0 Å². The Morgan fingerprint density at radius 3 is 2.48 bits per heavy atom. The number of carbonyl (C=O) groups is 2. The second kappa shape index (κ2) is 8.75. The molecule has 3 aromatic rings. The number of aryl methyl sites for hydroxylation is 2. The zero-order valence-corrected chi connectivity index (χ0v) is 18.0. The lowest BCUT2D eigenvalue weighted by Crippen LogP contribution is -2.29. The third-order valence-electron chi connectivity index (χ3n) is 5.95. The summed E-state index contributed by atoms with van der Waals surface area (Å²) in [6.45, 7) is 5.98. The van der Waals surface area contributed by atoms with Gasteiger partial charge in [0.15, 0.2) is 5.65 Å². The molecule has 162 valence electrons. The van der Waals surface area contributed by atoms with Gasteiger partial charge in [0.05, 0.1) is 6.20 Å². The fourth-order valence-electron chi connectivity index (χ4n) is 4.22. The molecular weight excluding hydrogens is 392 g/mol. The standard InChI is InChI=1S/C23H28N6O2/c1-15-19(16(2)29-23(26-15)20(14-25-29)22(24)31)10-11-21(30)27-17-6-8-18(9-7-17)28-12-4-3-5-13-28/h6-9,14H,3-5,10-13H2,1-2H3,(H2,24,31)(H,27,30). The molecule has 0 radical (unpaired) electrons. The van der Waals surface area contributed by atoms with E-state index in [2.05, 4.69) is 32.4 Å². The smallest absolute Gasteiger partial charge is 0.254 e. The highest BCUT2D eigenvalue weighted by Gasteiger charge is 2.17. The molecule has 8 nitrogen and oxygen atoms in total. The minimum Gasteiger partial charge on any atom is -0.372 e. The number of rotatable bonds is 6. The molecular formula is C23H28N6O2. The molecule has 2 aromatic heterocycles. The highest BCUT2D eigenvalue weighted by Crippen LogP contribution is 2.22. The summed E-state index contributed by atoms with van der Waals surface area (Å²) in [5, 5.41) is 7.21. The normalized spacial score (nSPS) is 14.1. The first kappa shape index (κ1) is 20.8. The van der Waals surface area contributed by atoms with Crippen molar-refractivity contribution in [3.63, 3.8) is 0 Å². The molecule has 4 rings (SSSR count). The average molecular weight is 421 g/mol. The molecule has 3 N–H and O–H groups in total. The van der Waals surface area contributed by atoms with E-state index in [1.165, 1.54) is 31.1 Å². The van der Waals surface area contributed by atoms with Crippen LogP contribution in [-0.2, 0) is 11.2 Å². The molecule has 0 aliphatic carbocycles. The van der Waals surface area contributed by atoms with Crippen LogP contribution in [0.25, 0.3) is 5.65 Å². The van der Waals surface area contributed by atoms with Gasteiger partial charge in [0.25, 0.3) is 5.91 Å². The molecule has 1 saturated heterocycles. The van der Waals surface area contributed by atoms with Crippen molar-refractivity contribution in [3.8, 4) is 0 Å². The van der Waals surface area contributed by atoms with Crippen LogP contribution >= 0.6 is 0 Å². The van der Waals surface area contributed by atoms with Crippen molar-refractivity contribution in [1.82, 2.24) is 14.6 Å². The summed E-state index contributed by atoms with van der Waals surface area (Å²) < 4.78 is 1.61. The van der Waals surface area contributed by atoms with Crippen LogP contribution in [-0.4, -0.2) is 39.5 Å². The van der Waals surface area contributed by atoms with E-state index in [1.54, 1.807) is 4.52 Å². The number of nitrogens with zero attached hydrogens (tertiary/aromatic N) is 4. The molecule has 0 saturated carbocycles. The molecule has 3 heterocycles. The topological polar surface area (TPSA) is 106 Å². The first-order valence-electron chi connectivity index (χ1n) is 10.7. The summed E-state index contributed by atoms with van der Waals surface area (Å²) in [5.74, 6) is -0.609. The van der Waals surface area contributed by atoms with E-state index in [-0.39, 0.29) is 5.91 Å². The molecule has 0 unspecified atom stereocenters. The van der Waals surface area contributed by atoms with Gasteiger partial charge in [0.1, 0.15) is 5.56 Å². The lowest BCUT2D eigenvalue weighted by atomic mass is 10.1. The third-order valence-corrected chi connectivity index (χ3v) is 5.95. The van der Waals surface area contributed by atoms with Crippen molar-refractivity contribution in [2.24, 2.45) is 5.73 Å². The second-order valence-electron chi connectivity index (χ2n) is 8.06. The maximum atomic E-state index is 12.5. The fraction of sp³-hybridized carbons (Fsp3) is 0.391. The van der Waals surface area contributed by atoms with Gasteiger partial charge >= 0.3 is 0 Å². The van der Waals surface area contributed by atoms with E-state index in [0.29, 0.717) is 24.1 Å². The van der Waals surface area contributed by atoms with Crippen molar-refractivity contribution in [2.45, 2.75) is 46.0 Å². The number of hydrogen-bond donors (Lipinski definition) is 2. The van der Waals surface area contributed by atoms with Crippen molar-refractivity contribution in [3.05, 3.63) is 53.0 Å². The SMILES string of the molecule is Cc1nc2c(C(N)=O)cnn2c(C)c1CCC(=O)Nc1ccc(N2CCCCC2)cc1. The molecule has 0 bridgehead atoms. The Balaban J connectivity index is 1.40. The first-order valence-corrected chi connectivity index (χ1v) is 10.7. The summed E-state index contributed by atoms with van der Waals surface area (Å²) in [6.07, 6.45) is 6.07. The molecule has 2 amide bonds. The molecule has 0 atom stereocenters. The molecule has 0 spiro atoms. The minimum absolute atomic E-state index is 0.0529. The second-order valence-corrected chi connectivity index (χ2v) is 8.06. The van der Waals surface area contributed by atoms with Gasteiger partial charge in [-0.05, 0) is 69.4 Å². The number of aromatic nitrogens is 3. The Labute approximate surface area is 181 Å². The summed E-state index contributed by atoms with van der Waals surface area (Å²) in [7, 11) is 0. The van der Waals surface area contributed by atoms with Gasteiger partial charge in [-0.3, -0.25) is 9.59 Å². The molecule has 1 aliphatic heterocycles. The number of piperidine rings is 1. The van der Waals surface area contributed by atoms with Gasteiger partial charge in [0, 0.05) is 42.3 Å². The minimum atomic E-state index is -0.556. The van der Waals surface area contributed by atoms with E-state index in [0.717, 1.165) is 35.7 Å². The summed E-state index contributed by atoms with van der Waals surface area (Å²) >= 11 is 0. The van der Waals surface area contributed by atoms with Crippen LogP contribution in [0.2, 0.25) is 0 Å².